The van der Waals surface area contributed by atoms with Crippen molar-refractivity contribution < 1.29 is 32.3 Å². The third kappa shape index (κ3) is 6.72. The summed E-state index contributed by atoms with van der Waals surface area (Å²) in [6, 6.07) is 14.9. The van der Waals surface area contributed by atoms with Crippen molar-refractivity contribution in [2.24, 2.45) is 10.9 Å². The number of benzene rings is 2. The minimum absolute atomic E-state index is 0.0397. The van der Waals surface area contributed by atoms with Crippen LogP contribution in [0.25, 0.3) is 10.9 Å². The molecule has 0 bridgehead atoms. The Bertz CT molecular complexity index is 1180. The van der Waals surface area contributed by atoms with Crippen LogP contribution in [0.3, 0.4) is 0 Å². The number of ether oxygens (including phenoxy) is 1. The molecule has 12 heteroatoms. The molecule has 3 aromatic rings. The summed E-state index contributed by atoms with van der Waals surface area (Å²) in [6.45, 7) is -1.67. The van der Waals surface area contributed by atoms with Crippen molar-refractivity contribution >= 4 is 44.7 Å². The second kappa shape index (κ2) is 10.4. The van der Waals surface area contributed by atoms with E-state index < -0.39 is 24.8 Å². The van der Waals surface area contributed by atoms with E-state index in [4.69, 9.17) is 15.3 Å². The molecule has 0 atom stereocenters. The monoisotopic (exact) mass is 526 g/mol. The van der Waals surface area contributed by atoms with Crippen LogP contribution in [-0.4, -0.2) is 35.2 Å². The lowest BCUT2D eigenvalue weighted by molar-refractivity contribution is -0.140. The lowest BCUT2D eigenvalue weighted by Crippen LogP contribution is -2.34. The van der Waals surface area contributed by atoms with Gasteiger partial charge in [-0.3, -0.25) is 0 Å². The molecule has 0 spiro atoms. The summed E-state index contributed by atoms with van der Waals surface area (Å²) in [5, 5.41) is 6.11. The van der Waals surface area contributed by atoms with Crippen LogP contribution in [0.2, 0.25) is 0 Å². The Balaban J connectivity index is 1.62. The van der Waals surface area contributed by atoms with Gasteiger partial charge < -0.3 is 25.2 Å². The van der Waals surface area contributed by atoms with Crippen molar-refractivity contribution in [3.8, 4) is 0 Å². The number of nitrogens with zero attached hydrogens (tertiary/aromatic N) is 2. The van der Waals surface area contributed by atoms with Gasteiger partial charge in [0.15, 0.2) is 5.84 Å². The van der Waals surface area contributed by atoms with Crippen molar-refractivity contribution in [2.45, 2.75) is 19.3 Å². The first-order chi connectivity index (χ1) is 15.6. The van der Waals surface area contributed by atoms with Crippen molar-refractivity contribution in [2.75, 3.05) is 6.54 Å². The molecule has 0 aliphatic heterocycles. The van der Waals surface area contributed by atoms with Gasteiger partial charge in [0, 0.05) is 9.86 Å². The predicted molar refractivity (Wildman–Crippen MR) is 117 cm³/mol. The number of carbonyl (C=O) groups is 2. The quantitative estimate of drug-likeness (QED) is 0.206. The summed E-state index contributed by atoms with van der Waals surface area (Å²) in [5.74, 6) is -1.43. The third-order valence-electron chi connectivity index (χ3n) is 4.31. The van der Waals surface area contributed by atoms with Crippen molar-refractivity contribution in [3.63, 3.8) is 0 Å². The predicted octanol–water partition coefficient (Wildman–Crippen LogP) is 4.32. The number of alkyl halides is 3. The van der Waals surface area contributed by atoms with Crippen LogP contribution in [0.4, 0.5) is 18.0 Å². The first-order valence-corrected chi connectivity index (χ1v) is 10.3. The molecule has 1 amide bonds. The molecular formula is C21H18BrF3N4O4. The molecular weight excluding hydrogens is 509 g/mol. The van der Waals surface area contributed by atoms with Crippen LogP contribution >= 0.6 is 15.9 Å². The second-order valence-corrected chi connectivity index (χ2v) is 7.63. The fourth-order valence-electron chi connectivity index (χ4n) is 2.88. The number of nitrogens with one attached hydrogen (secondary N) is 1. The van der Waals surface area contributed by atoms with Gasteiger partial charge in [-0.2, -0.15) is 13.2 Å². The number of nitrogens with two attached hydrogens (primary N) is 1. The highest BCUT2D eigenvalue weighted by Crippen LogP contribution is 2.30. The zero-order valence-corrected chi connectivity index (χ0v) is 18.5. The van der Waals surface area contributed by atoms with Crippen molar-refractivity contribution in [1.29, 1.82) is 0 Å². The Kier molecular flexibility index (Phi) is 7.59. The number of fused-ring (bicyclic) bond motifs is 1. The molecule has 0 fully saturated rings. The molecule has 3 N–H and O–H groups in total. The zero-order chi connectivity index (χ0) is 24.0. The number of halogens is 4. The lowest BCUT2D eigenvalue weighted by atomic mass is 10.2. The lowest BCUT2D eigenvalue weighted by Gasteiger charge is -2.12. The van der Waals surface area contributed by atoms with Gasteiger partial charge in [-0.25, -0.2) is 9.59 Å². The van der Waals surface area contributed by atoms with E-state index in [2.05, 4.69) is 26.4 Å². The smallest absolute Gasteiger partial charge is 0.407 e. The Labute approximate surface area is 194 Å². The number of carbonyl (C=O) groups excluding carboxylic acids is 2. The highest BCUT2D eigenvalue weighted by atomic mass is 79.9. The summed E-state index contributed by atoms with van der Waals surface area (Å²) in [5.41, 5.74) is 6.21. The number of rotatable bonds is 7. The van der Waals surface area contributed by atoms with Crippen molar-refractivity contribution in [3.05, 3.63) is 70.3 Å². The van der Waals surface area contributed by atoms with E-state index in [1.165, 1.54) is 12.1 Å². The molecule has 0 saturated carbocycles. The Morgan fingerprint density at radius 1 is 1.12 bits per heavy atom. The molecule has 8 nitrogen and oxygen atoms in total. The molecule has 2 aromatic carbocycles. The topological polar surface area (TPSA) is 108 Å². The van der Waals surface area contributed by atoms with Crippen LogP contribution < -0.4 is 11.1 Å². The molecule has 0 radical (unpaired) electrons. The number of hydrogen-bond acceptors (Lipinski definition) is 5. The number of amidine groups is 1. The molecule has 0 unspecified atom stereocenters. The fourth-order valence-corrected chi connectivity index (χ4v) is 3.35. The van der Waals surface area contributed by atoms with Crippen LogP contribution in [0.5, 0.6) is 0 Å². The maximum Gasteiger partial charge on any atom is 0.407 e. The summed E-state index contributed by atoms with van der Waals surface area (Å²) in [6.07, 6.45) is -5.35. The van der Waals surface area contributed by atoms with E-state index in [1.54, 1.807) is 36.4 Å². The van der Waals surface area contributed by atoms with E-state index in [0.29, 0.717) is 9.86 Å². The summed E-state index contributed by atoms with van der Waals surface area (Å²) in [4.78, 5) is 28.9. The SMILES string of the molecule is NC(CNC(=O)OCc1ccccc1)=NOC(=O)c1cc2c(Br)cccc2n1CC(F)(F)F. The summed E-state index contributed by atoms with van der Waals surface area (Å²) >= 11 is 3.25. The molecule has 0 aliphatic rings. The fraction of sp³-hybridized carbons (Fsp3) is 0.190. The Morgan fingerprint density at radius 3 is 2.55 bits per heavy atom. The van der Waals surface area contributed by atoms with Gasteiger partial charge in [0.2, 0.25) is 0 Å². The minimum Gasteiger partial charge on any atom is -0.445 e. The molecule has 0 saturated heterocycles. The molecule has 33 heavy (non-hydrogen) atoms. The van der Waals surface area contributed by atoms with E-state index in [9.17, 15) is 22.8 Å². The van der Waals surface area contributed by atoms with Gasteiger partial charge in [0.25, 0.3) is 0 Å². The largest absolute Gasteiger partial charge is 0.445 e. The normalized spacial score (nSPS) is 11.9. The Hall–Kier alpha value is -3.54. The van der Waals surface area contributed by atoms with E-state index in [1.807, 2.05) is 6.07 Å². The van der Waals surface area contributed by atoms with Gasteiger partial charge in [-0.1, -0.05) is 57.5 Å². The number of hydrogen-bond donors (Lipinski definition) is 2. The maximum absolute atomic E-state index is 13.1. The van der Waals surface area contributed by atoms with E-state index in [-0.39, 0.29) is 30.2 Å². The highest BCUT2D eigenvalue weighted by molar-refractivity contribution is 9.10. The van der Waals surface area contributed by atoms with Crippen molar-refractivity contribution in [1.82, 2.24) is 9.88 Å². The first-order valence-electron chi connectivity index (χ1n) is 9.47. The van der Waals surface area contributed by atoms with Gasteiger partial charge in [-0.05, 0) is 23.8 Å². The number of amides is 1. The Morgan fingerprint density at radius 2 is 1.85 bits per heavy atom. The van der Waals surface area contributed by atoms with Crippen LogP contribution in [-0.2, 0) is 22.7 Å². The maximum atomic E-state index is 13.1. The van der Waals surface area contributed by atoms with E-state index in [0.717, 1.165) is 10.1 Å². The molecule has 1 aromatic heterocycles. The van der Waals surface area contributed by atoms with Gasteiger partial charge in [0.05, 0.1) is 12.1 Å². The van der Waals surface area contributed by atoms with Crippen LogP contribution in [0, 0.1) is 0 Å². The molecule has 1 heterocycles. The van der Waals surface area contributed by atoms with Gasteiger partial charge in [-0.15, -0.1) is 0 Å². The molecule has 174 valence electrons. The van der Waals surface area contributed by atoms with Crippen LogP contribution in [0.15, 0.2) is 64.2 Å². The summed E-state index contributed by atoms with van der Waals surface area (Å²) in [7, 11) is 0. The van der Waals surface area contributed by atoms with Gasteiger partial charge in [0.1, 0.15) is 18.8 Å². The molecule has 3 rings (SSSR count). The number of alkyl carbamates (subject to hydrolysis) is 1. The second-order valence-electron chi connectivity index (χ2n) is 6.78. The number of oxime groups is 1. The average Bonchev–Trinajstić information content (AvgIpc) is 3.13. The minimum atomic E-state index is -4.57. The standard InChI is InChI=1S/C21H18BrF3N4O4/c22-15-7-4-8-16-14(15)9-17(29(16)12-21(23,24)25)19(30)33-28-18(26)10-27-20(31)32-11-13-5-2-1-3-6-13/h1-9H,10-12H2,(H2,26,28)(H,27,31). The number of aromatic nitrogens is 1. The molecule has 0 aliphatic carbocycles. The zero-order valence-electron chi connectivity index (χ0n) is 16.9. The average molecular weight is 527 g/mol. The van der Waals surface area contributed by atoms with E-state index >= 15 is 0 Å². The van der Waals surface area contributed by atoms with Crippen LogP contribution in [0.1, 0.15) is 16.1 Å². The first kappa shape index (κ1) is 24.1. The van der Waals surface area contributed by atoms with Gasteiger partial charge >= 0.3 is 18.2 Å². The summed E-state index contributed by atoms with van der Waals surface area (Å²) < 4.78 is 45.5. The highest BCUT2D eigenvalue weighted by Gasteiger charge is 2.31. The third-order valence-corrected chi connectivity index (χ3v) is 5.00.